The fourth-order valence-corrected chi connectivity index (χ4v) is 4.72. The smallest absolute Gasteiger partial charge is 0.265 e. The normalized spacial score (nSPS) is 15.4. The lowest BCUT2D eigenvalue weighted by atomic mass is 10.1. The van der Waals surface area contributed by atoms with Crippen LogP contribution in [0.25, 0.3) is 10.8 Å². The first kappa shape index (κ1) is 16.3. The SMILES string of the molecule is C/C(=N\NC(=O)CN1c2cccc3cccc(c23)S1(=O)=O)c1ccc[nH]1. The number of hydrogen-bond acceptors (Lipinski definition) is 4. The minimum absolute atomic E-state index is 0.226. The van der Waals surface area contributed by atoms with Crippen molar-refractivity contribution in [3.8, 4) is 0 Å². The molecule has 1 aliphatic rings. The van der Waals surface area contributed by atoms with E-state index in [0.29, 0.717) is 16.8 Å². The van der Waals surface area contributed by atoms with Crippen molar-refractivity contribution in [2.24, 2.45) is 5.10 Å². The Morgan fingerprint density at radius 2 is 1.92 bits per heavy atom. The van der Waals surface area contributed by atoms with Crippen molar-refractivity contribution in [2.45, 2.75) is 11.8 Å². The van der Waals surface area contributed by atoms with E-state index in [0.717, 1.165) is 15.4 Å². The second-order valence-corrected chi connectivity index (χ2v) is 7.79. The van der Waals surface area contributed by atoms with Crippen molar-refractivity contribution in [1.29, 1.82) is 0 Å². The van der Waals surface area contributed by atoms with Gasteiger partial charge in [0.1, 0.15) is 6.54 Å². The third-order valence-corrected chi connectivity index (χ3v) is 6.11. The van der Waals surface area contributed by atoms with E-state index >= 15 is 0 Å². The van der Waals surface area contributed by atoms with Gasteiger partial charge in [-0.3, -0.25) is 9.10 Å². The summed E-state index contributed by atoms with van der Waals surface area (Å²) < 4.78 is 26.8. The molecular weight excluding hydrogens is 352 g/mol. The van der Waals surface area contributed by atoms with Gasteiger partial charge in [0.15, 0.2) is 0 Å². The largest absolute Gasteiger partial charge is 0.360 e. The Labute approximate surface area is 150 Å². The lowest BCUT2D eigenvalue weighted by molar-refractivity contribution is -0.119. The summed E-state index contributed by atoms with van der Waals surface area (Å²) >= 11 is 0. The van der Waals surface area contributed by atoms with Gasteiger partial charge in [0, 0.05) is 11.6 Å². The van der Waals surface area contributed by atoms with Crippen LogP contribution in [0, 0.1) is 0 Å². The van der Waals surface area contributed by atoms with E-state index in [-0.39, 0.29) is 11.4 Å². The highest BCUT2D eigenvalue weighted by atomic mass is 32.2. The lowest BCUT2D eigenvalue weighted by Crippen LogP contribution is -2.37. The molecule has 0 unspecified atom stereocenters. The second kappa shape index (κ2) is 5.99. The number of carbonyl (C=O) groups excluding carboxylic acids is 1. The van der Waals surface area contributed by atoms with Gasteiger partial charge >= 0.3 is 0 Å². The highest BCUT2D eigenvalue weighted by Gasteiger charge is 2.36. The van der Waals surface area contributed by atoms with Gasteiger partial charge < -0.3 is 4.98 Å². The molecule has 7 nitrogen and oxygen atoms in total. The molecule has 0 radical (unpaired) electrons. The number of nitrogens with zero attached hydrogens (tertiary/aromatic N) is 2. The minimum atomic E-state index is -3.76. The number of sulfonamides is 1. The molecule has 0 spiro atoms. The Morgan fingerprint density at radius 1 is 1.15 bits per heavy atom. The van der Waals surface area contributed by atoms with E-state index < -0.39 is 15.9 Å². The van der Waals surface area contributed by atoms with Crippen LogP contribution in [0.2, 0.25) is 0 Å². The fraction of sp³-hybridized carbons (Fsp3) is 0.111. The zero-order valence-electron chi connectivity index (χ0n) is 13.9. The predicted octanol–water partition coefficient (Wildman–Crippen LogP) is 2.22. The number of hydrazone groups is 1. The Balaban J connectivity index is 1.60. The summed E-state index contributed by atoms with van der Waals surface area (Å²) in [7, 11) is -3.76. The van der Waals surface area contributed by atoms with Gasteiger partial charge in [0.25, 0.3) is 15.9 Å². The zero-order chi connectivity index (χ0) is 18.3. The molecule has 1 aromatic heterocycles. The van der Waals surface area contributed by atoms with Crippen LogP contribution in [0.5, 0.6) is 0 Å². The average Bonchev–Trinajstić information content (AvgIpc) is 3.23. The minimum Gasteiger partial charge on any atom is -0.360 e. The number of carbonyl (C=O) groups is 1. The summed E-state index contributed by atoms with van der Waals surface area (Å²) in [6.45, 7) is 1.41. The quantitative estimate of drug-likeness (QED) is 0.546. The van der Waals surface area contributed by atoms with Gasteiger partial charge in [-0.05, 0) is 36.6 Å². The molecule has 0 saturated heterocycles. The topological polar surface area (TPSA) is 94.6 Å². The Bertz CT molecular complexity index is 1130. The molecule has 2 heterocycles. The lowest BCUT2D eigenvalue weighted by Gasteiger charge is -2.17. The number of hydrogen-bond donors (Lipinski definition) is 2. The monoisotopic (exact) mass is 368 g/mol. The maximum Gasteiger partial charge on any atom is 0.265 e. The van der Waals surface area contributed by atoms with Gasteiger partial charge in [-0.1, -0.05) is 24.3 Å². The molecule has 0 saturated carbocycles. The first-order chi connectivity index (χ1) is 12.5. The van der Waals surface area contributed by atoms with E-state index in [2.05, 4.69) is 15.5 Å². The molecule has 0 bridgehead atoms. The van der Waals surface area contributed by atoms with Gasteiger partial charge in [-0.25, -0.2) is 13.8 Å². The first-order valence-electron chi connectivity index (χ1n) is 8.00. The van der Waals surface area contributed by atoms with E-state index in [1.165, 1.54) is 0 Å². The summed E-state index contributed by atoms with van der Waals surface area (Å²) in [5, 5.41) is 5.49. The maximum atomic E-state index is 12.8. The van der Waals surface area contributed by atoms with Crippen LogP contribution in [-0.4, -0.2) is 31.6 Å². The van der Waals surface area contributed by atoms with E-state index in [1.54, 1.807) is 37.4 Å². The van der Waals surface area contributed by atoms with Gasteiger partial charge in [-0.15, -0.1) is 0 Å². The van der Waals surface area contributed by atoms with Crippen molar-refractivity contribution in [1.82, 2.24) is 10.4 Å². The fourth-order valence-electron chi connectivity index (χ4n) is 3.06. The van der Waals surface area contributed by atoms with Crippen LogP contribution in [-0.2, 0) is 14.8 Å². The van der Waals surface area contributed by atoms with Crippen LogP contribution in [0.4, 0.5) is 5.69 Å². The summed E-state index contributed by atoms with van der Waals surface area (Å²) in [5.74, 6) is -0.510. The maximum absolute atomic E-state index is 12.8. The molecule has 3 aromatic rings. The highest BCUT2D eigenvalue weighted by Crippen LogP contribution is 2.41. The van der Waals surface area contributed by atoms with E-state index in [9.17, 15) is 13.2 Å². The number of aromatic amines is 1. The van der Waals surface area contributed by atoms with Gasteiger partial charge in [-0.2, -0.15) is 5.10 Å². The standard InChI is InChI=1S/C18H16N4O3S/c1-12(14-7-4-10-19-14)20-21-17(23)11-22-15-8-2-5-13-6-3-9-16(18(13)15)26(22,24)25/h2-10,19H,11H2,1H3,(H,21,23)/b20-12+. The molecule has 0 fully saturated rings. The van der Waals surface area contributed by atoms with Gasteiger partial charge in [0.2, 0.25) is 0 Å². The number of aromatic nitrogens is 1. The number of anilines is 1. The van der Waals surface area contributed by atoms with Crippen molar-refractivity contribution >= 4 is 38.1 Å². The van der Waals surface area contributed by atoms with Crippen molar-refractivity contribution in [3.63, 3.8) is 0 Å². The van der Waals surface area contributed by atoms with Crippen LogP contribution < -0.4 is 9.73 Å². The Kier molecular flexibility index (Phi) is 3.77. The number of rotatable bonds is 4. The zero-order valence-corrected chi connectivity index (χ0v) is 14.7. The number of H-pyrrole nitrogens is 1. The molecule has 2 N–H and O–H groups in total. The third-order valence-electron chi connectivity index (χ3n) is 4.30. The Hall–Kier alpha value is -3.13. The van der Waals surface area contributed by atoms with Crippen LogP contribution in [0.1, 0.15) is 12.6 Å². The second-order valence-electron chi connectivity index (χ2n) is 5.96. The first-order valence-corrected chi connectivity index (χ1v) is 9.44. The Morgan fingerprint density at radius 3 is 2.65 bits per heavy atom. The molecule has 0 atom stereocenters. The summed E-state index contributed by atoms with van der Waals surface area (Å²) in [5.41, 5.74) is 4.30. The summed E-state index contributed by atoms with van der Waals surface area (Å²) in [4.78, 5) is 15.5. The third kappa shape index (κ3) is 2.55. The summed E-state index contributed by atoms with van der Waals surface area (Å²) in [6.07, 6.45) is 1.75. The molecule has 1 aliphatic heterocycles. The number of benzene rings is 2. The molecular formula is C18H16N4O3S. The molecule has 4 rings (SSSR count). The average molecular weight is 368 g/mol. The molecule has 26 heavy (non-hydrogen) atoms. The molecule has 2 aromatic carbocycles. The van der Waals surface area contributed by atoms with Crippen LogP contribution in [0.3, 0.4) is 0 Å². The predicted molar refractivity (Wildman–Crippen MR) is 99.6 cm³/mol. The van der Waals surface area contributed by atoms with Gasteiger partial charge in [0.05, 0.1) is 22.0 Å². The highest BCUT2D eigenvalue weighted by molar-refractivity contribution is 7.93. The van der Waals surface area contributed by atoms with Crippen molar-refractivity contribution in [2.75, 3.05) is 10.8 Å². The summed E-state index contributed by atoms with van der Waals surface area (Å²) in [6, 6.07) is 14.1. The molecule has 0 aliphatic carbocycles. The number of nitrogens with one attached hydrogen (secondary N) is 2. The number of amides is 1. The van der Waals surface area contributed by atoms with E-state index in [4.69, 9.17) is 0 Å². The van der Waals surface area contributed by atoms with Crippen molar-refractivity contribution < 1.29 is 13.2 Å². The van der Waals surface area contributed by atoms with Crippen LogP contribution >= 0.6 is 0 Å². The van der Waals surface area contributed by atoms with E-state index in [1.807, 2.05) is 24.3 Å². The van der Waals surface area contributed by atoms with Crippen molar-refractivity contribution in [3.05, 3.63) is 60.4 Å². The molecule has 132 valence electrons. The molecule has 8 heteroatoms. The van der Waals surface area contributed by atoms with Crippen LogP contribution in [0.15, 0.2) is 64.7 Å². The molecule has 1 amide bonds.